The standard InChI is InChI=1S/C13H15ClN2O2/c1-10(17)2-3-12-13(8-11(14)9-15-12)16-4-6-18-7-5-16/h8-10,17H,4-7H2,1H3/t10-/m0/s1. The Labute approximate surface area is 112 Å². The molecule has 0 radical (unpaired) electrons. The molecule has 0 aromatic carbocycles. The fourth-order valence-electron chi connectivity index (χ4n) is 1.74. The van der Waals surface area contributed by atoms with Crippen molar-refractivity contribution in [2.75, 3.05) is 31.2 Å². The third kappa shape index (κ3) is 3.36. The molecule has 0 bridgehead atoms. The van der Waals surface area contributed by atoms with Crippen molar-refractivity contribution >= 4 is 17.3 Å². The van der Waals surface area contributed by atoms with Crippen LogP contribution in [-0.4, -0.2) is 42.5 Å². The average molecular weight is 267 g/mol. The number of pyridine rings is 1. The smallest absolute Gasteiger partial charge is 0.136 e. The quantitative estimate of drug-likeness (QED) is 0.779. The van der Waals surface area contributed by atoms with Gasteiger partial charge >= 0.3 is 0 Å². The summed E-state index contributed by atoms with van der Waals surface area (Å²) in [6.45, 7) is 4.60. The lowest BCUT2D eigenvalue weighted by molar-refractivity contribution is 0.122. The number of hydrogen-bond donors (Lipinski definition) is 1. The number of morpholine rings is 1. The van der Waals surface area contributed by atoms with Gasteiger partial charge in [-0.25, -0.2) is 4.98 Å². The zero-order valence-corrected chi connectivity index (χ0v) is 10.9. The summed E-state index contributed by atoms with van der Waals surface area (Å²) in [6.07, 6.45) is 0.900. The fourth-order valence-corrected chi connectivity index (χ4v) is 1.90. The first-order chi connectivity index (χ1) is 8.66. The number of hydrogen-bond acceptors (Lipinski definition) is 4. The van der Waals surface area contributed by atoms with Crippen molar-refractivity contribution in [2.24, 2.45) is 0 Å². The molecule has 0 amide bonds. The molecule has 1 saturated heterocycles. The van der Waals surface area contributed by atoms with E-state index >= 15 is 0 Å². The molecule has 2 heterocycles. The maximum absolute atomic E-state index is 9.21. The van der Waals surface area contributed by atoms with Crippen LogP contribution < -0.4 is 4.90 Å². The van der Waals surface area contributed by atoms with E-state index in [2.05, 4.69) is 21.7 Å². The second kappa shape index (κ2) is 6.05. The van der Waals surface area contributed by atoms with E-state index in [9.17, 15) is 5.11 Å². The second-order valence-electron chi connectivity index (χ2n) is 4.07. The van der Waals surface area contributed by atoms with E-state index < -0.39 is 6.10 Å². The summed E-state index contributed by atoms with van der Waals surface area (Å²) in [4.78, 5) is 6.37. The van der Waals surface area contributed by atoms with Crippen LogP contribution in [-0.2, 0) is 4.74 Å². The fraction of sp³-hybridized carbons (Fsp3) is 0.462. The second-order valence-corrected chi connectivity index (χ2v) is 4.50. The van der Waals surface area contributed by atoms with Crippen molar-refractivity contribution < 1.29 is 9.84 Å². The van der Waals surface area contributed by atoms with Crippen LogP contribution in [0.5, 0.6) is 0 Å². The molecule has 1 aliphatic rings. The molecule has 1 aromatic heterocycles. The van der Waals surface area contributed by atoms with Gasteiger partial charge in [0.05, 0.1) is 23.9 Å². The lowest BCUT2D eigenvalue weighted by Gasteiger charge is -2.29. The van der Waals surface area contributed by atoms with Crippen LogP contribution in [0.4, 0.5) is 5.69 Å². The van der Waals surface area contributed by atoms with Gasteiger partial charge in [0, 0.05) is 19.3 Å². The molecule has 96 valence electrons. The van der Waals surface area contributed by atoms with Gasteiger partial charge in [0.15, 0.2) is 0 Å². The molecular weight excluding hydrogens is 252 g/mol. The maximum Gasteiger partial charge on any atom is 0.136 e. The number of rotatable bonds is 1. The van der Waals surface area contributed by atoms with Crippen molar-refractivity contribution in [1.82, 2.24) is 4.98 Å². The zero-order chi connectivity index (χ0) is 13.0. The topological polar surface area (TPSA) is 45.6 Å². The number of aliphatic hydroxyl groups is 1. The van der Waals surface area contributed by atoms with E-state index in [0.29, 0.717) is 23.9 Å². The Morgan fingerprint density at radius 3 is 2.89 bits per heavy atom. The molecular formula is C13H15ClN2O2. The third-order valence-corrected chi connectivity index (χ3v) is 2.79. The van der Waals surface area contributed by atoms with E-state index in [0.717, 1.165) is 18.8 Å². The Bertz CT molecular complexity index is 474. The SMILES string of the molecule is C[C@H](O)C#Cc1ncc(Cl)cc1N1CCOCC1. The molecule has 18 heavy (non-hydrogen) atoms. The first-order valence-electron chi connectivity index (χ1n) is 5.84. The van der Waals surface area contributed by atoms with Crippen LogP contribution in [0.2, 0.25) is 5.02 Å². The summed E-state index contributed by atoms with van der Waals surface area (Å²) >= 11 is 5.98. The summed E-state index contributed by atoms with van der Waals surface area (Å²) < 4.78 is 5.32. The number of aromatic nitrogens is 1. The molecule has 0 spiro atoms. The zero-order valence-electron chi connectivity index (χ0n) is 10.2. The van der Waals surface area contributed by atoms with Gasteiger partial charge in [-0.1, -0.05) is 17.5 Å². The normalized spacial score (nSPS) is 16.9. The molecule has 1 N–H and O–H groups in total. The van der Waals surface area contributed by atoms with E-state index in [1.807, 2.05) is 6.07 Å². The Hall–Kier alpha value is -1.28. The number of ether oxygens (including phenoxy) is 1. The molecule has 2 rings (SSSR count). The van der Waals surface area contributed by atoms with Gasteiger partial charge < -0.3 is 14.7 Å². The van der Waals surface area contributed by atoms with E-state index in [-0.39, 0.29) is 0 Å². The van der Waals surface area contributed by atoms with Gasteiger partial charge in [-0.3, -0.25) is 0 Å². The molecule has 4 nitrogen and oxygen atoms in total. The molecule has 0 saturated carbocycles. The van der Waals surface area contributed by atoms with Crippen LogP contribution in [0.3, 0.4) is 0 Å². The third-order valence-electron chi connectivity index (χ3n) is 2.59. The minimum Gasteiger partial charge on any atom is -0.381 e. The lowest BCUT2D eigenvalue weighted by Crippen LogP contribution is -2.36. The van der Waals surface area contributed by atoms with Crippen molar-refractivity contribution in [3.63, 3.8) is 0 Å². The number of nitrogens with zero attached hydrogens (tertiary/aromatic N) is 2. The predicted octanol–water partition coefficient (Wildman–Crippen LogP) is 1.30. The van der Waals surface area contributed by atoms with Crippen molar-refractivity contribution in [3.05, 3.63) is 23.0 Å². The summed E-state index contributed by atoms with van der Waals surface area (Å²) in [5.74, 6) is 5.59. The molecule has 0 aliphatic carbocycles. The molecule has 1 atom stereocenters. The number of aliphatic hydroxyl groups excluding tert-OH is 1. The Kier molecular flexibility index (Phi) is 4.43. The molecule has 1 aromatic rings. The minimum atomic E-state index is -0.667. The highest BCUT2D eigenvalue weighted by Gasteiger charge is 2.15. The number of halogens is 1. The predicted molar refractivity (Wildman–Crippen MR) is 70.8 cm³/mol. The van der Waals surface area contributed by atoms with E-state index in [1.165, 1.54) is 0 Å². The molecule has 0 unspecified atom stereocenters. The van der Waals surface area contributed by atoms with Crippen LogP contribution in [0.25, 0.3) is 0 Å². The van der Waals surface area contributed by atoms with E-state index in [1.54, 1.807) is 13.1 Å². The first kappa shape index (κ1) is 13.2. The molecule has 5 heteroatoms. The first-order valence-corrected chi connectivity index (χ1v) is 6.22. The van der Waals surface area contributed by atoms with Crippen molar-refractivity contribution in [1.29, 1.82) is 0 Å². The maximum atomic E-state index is 9.21. The Morgan fingerprint density at radius 1 is 1.50 bits per heavy atom. The van der Waals surface area contributed by atoms with Gasteiger partial charge in [0.1, 0.15) is 11.8 Å². The summed E-state index contributed by atoms with van der Waals surface area (Å²) in [5.41, 5.74) is 1.54. The van der Waals surface area contributed by atoms with E-state index in [4.69, 9.17) is 16.3 Å². The minimum absolute atomic E-state index is 0.582. The highest BCUT2D eigenvalue weighted by atomic mass is 35.5. The van der Waals surface area contributed by atoms with Crippen LogP contribution >= 0.6 is 11.6 Å². The number of anilines is 1. The van der Waals surface area contributed by atoms with Gasteiger partial charge in [0.25, 0.3) is 0 Å². The van der Waals surface area contributed by atoms with Crippen LogP contribution in [0, 0.1) is 11.8 Å². The lowest BCUT2D eigenvalue weighted by atomic mass is 10.2. The Morgan fingerprint density at radius 2 is 2.22 bits per heavy atom. The van der Waals surface area contributed by atoms with Gasteiger partial charge in [-0.05, 0) is 18.9 Å². The highest BCUT2D eigenvalue weighted by molar-refractivity contribution is 6.30. The summed E-state index contributed by atoms with van der Waals surface area (Å²) in [6, 6.07) is 1.85. The monoisotopic (exact) mass is 266 g/mol. The van der Waals surface area contributed by atoms with Gasteiger partial charge in [-0.15, -0.1) is 0 Å². The van der Waals surface area contributed by atoms with Crippen molar-refractivity contribution in [3.8, 4) is 11.8 Å². The van der Waals surface area contributed by atoms with Crippen LogP contribution in [0.15, 0.2) is 12.3 Å². The van der Waals surface area contributed by atoms with Gasteiger partial charge in [-0.2, -0.15) is 0 Å². The highest BCUT2D eigenvalue weighted by Crippen LogP contribution is 2.23. The van der Waals surface area contributed by atoms with Crippen molar-refractivity contribution in [2.45, 2.75) is 13.0 Å². The Balaban J connectivity index is 2.31. The molecule has 1 fully saturated rings. The van der Waals surface area contributed by atoms with Gasteiger partial charge in [0.2, 0.25) is 0 Å². The summed E-state index contributed by atoms with van der Waals surface area (Å²) in [7, 11) is 0. The largest absolute Gasteiger partial charge is 0.381 e. The molecule has 1 aliphatic heterocycles. The average Bonchev–Trinajstić information content (AvgIpc) is 2.38. The van der Waals surface area contributed by atoms with Crippen LogP contribution in [0.1, 0.15) is 12.6 Å². The summed E-state index contributed by atoms with van der Waals surface area (Å²) in [5, 5.41) is 9.79.